The average molecular weight is 260 g/mol. The number of aromatic nitrogens is 2. The second kappa shape index (κ2) is 4.50. The molecule has 5 nitrogen and oxygen atoms in total. The lowest BCUT2D eigenvalue weighted by molar-refractivity contribution is 0.415. The number of nitrogens with two attached hydrogens (primary N) is 2. The molecule has 0 aliphatic heterocycles. The van der Waals surface area contributed by atoms with Crippen LogP contribution in [0.5, 0.6) is 5.75 Å². The van der Waals surface area contributed by atoms with Crippen LogP contribution in [0.3, 0.4) is 0 Å². The Morgan fingerprint density at radius 3 is 2.16 bits per heavy atom. The minimum Gasteiger partial charge on any atom is -0.497 e. The smallest absolute Gasteiger partial charge is 0.150 e. The van der Waals surface area contributed by atoms with Crippen molar-refractivity contribution in [2.45, 2.75) is 26.2 Å². The molecule has 0 aliphatic carbocycles. The van der Waals surface area contributed by atoms with Gasteiger partial charge < -0.3 is 16.3 Å². The number of rotatable bonds is 2. The summed E-state index contributed by atoms with van der Waals surface area (Å²) < 4.78 is 6.59. The zero-order chi connectivity index (χ0) is 14.2. The maximum absolute atomic E-state index is 6.05. The van der Waals surface area contributed by atoms with Gasteiger partial charge in [-0.3, -0.25) is 0 Å². The summed E-state index contributed by atoms with van der Waals surface area (Å²) in [5, 5.41) is 0. The van der Waals surface area contributed by atoms with Gasteiger partial charge >= 0.3 is 0 Å². The summed E-state index contributed by atoms with van der Waals surface area (Å²) in [6.07, 6.45) is 0. The summed E-state index contributed by atoms with van der Waals surface area (Å²) in [5.74, 6) is 8.01. The van der Waals surface area contributed by atoms with E-state index in [0.29, 0.717) is 11.5 Å². The van der Waals surface area contributed by atoms with Crippen LogP contribution in [0.4, 0.5) is 5.82 Å². The van der Waals surface area contributed by atoms with Crippen molar-refractivity contribution in [2.75, 3.05) is 18.7 Å². The Kier molecular flexibility index (Phi) is 3.14. The molecule has 2 rings (SSSR count). The topological polar surface area (TPSA) is 79.1 Å². The highest BCUT2D eigenvalue weighted by Gasteiger charge is 2.24. The highest BCUT2D eigenvalue weighted by molar-refractivity contribution is 5.71. The first-order chi connectivity index (χ1) is 8.84. The summed E-state index contributed by atoms with van der Waals surface area (Å²) in [6.45, 7) is 6.15. The number of benzene rings is 1. The molecule has 4 N–H and O–H groups in total. The molecule has 0 saturated carbocycles. The van der Waals surface area contributed by atoms with Crippen LogP contribution in [0.1, 0.15) is 26.6 Å². The van der Waals surface area contributed by atoms with Crippen molar-refractivity contribution in [1.82, 2.24) is 9.66 Å². The van der Waals surface area contributed by atoms with Crippen LogP contribution in [0, 0.1) is 0 Å². The van der Waals surface area contributed by atoms with Crippen LogP contribution in [-0.4, -0.2) is 16.8 Å². The predicted octanol–water partition coefficient (Wildman–Crippen LogP) is 2.15. The lowest BCUT2D eigenvalue weighted by Crippen LogP contribution is -2.24. The molecule has 2 aromatic rings. The van der Waals surface area contributed by atoms with Gasteiger partial charge in [0.25, 0.3) is 0 Å². The van der Waals surface area contributed by atoms with Crippen LogP contribution in [-0.2, 0) is 5.41 Å². The molecular formula is C14H20N4O. The second-order valence-corrected chi connectivity index (χ2v) is 5.52. The number of hydrogen-bond donors (Lipinski definition) is 2. The number of anilines is 1. The molecule has 102 valence electrons. The zero-order valence-electron chi connectivity index (χ0n) is 11.8. The molecular weight excluding hydrogens is 240 g/mol. The van der Waals surface area contributed by atoms with E-state index in [1.165, 1.54) is 4.68 Å². The number of ether oxygens (including phenoxy) is 1. The quantitative estimate of drug-likeness (QED) is 0.811. The molecule has 1 aromatic carbocycles. The molecule has 0 unspecified atom stereocenters. The Morgan fingerprint density at radius 1 is 1.16 bits per heavy atom. The molecule has 0 bridgehead atoms. The fourth-order valence-corrected chi connectivity index (χ4v) is 1.94. The van der Waals surface area contributed by atoms with Gasteiger partial charge in [-0.15, -0.1) is 0 Å². The van der Waals surface area contributed by atoms with E-state index in [1.807, 2.05) is 24.3 Å². The summed E-state index contributed by atoms with van der Waals surface area (Å²) in [6, 6.07) is 7.59. The second-order valence-electron chi connectivity index (χ2n) is 5.52. The molecule has 0 fully saturated rings. The van der Waals surface area contributed by atoms with Crippen LogP contribution in [0.15, 0.2) is 24.3 Å². The standard InChI is InChI=1S/C14H20N4O/c1-14(2,3)13-17-11(12(15)18(13)16)9-5-7-10(19-4)8-6-9/h5-8H,15-16H2,1-4H3. The molecule has 0 amide bonds. The fourth-order valence-electron chi connectivity index (χ4n) is 1.94. The first-order valence-corrected chi connectivity index (χ1v) is 6.13. The van der Waals surface area contributed by atoms with Gasteiger partial charge in [0, 0.05) is 11.0 Å². The van der Waals surface area contributed by atoms with Gasteiger partial charge in [0.2, 0.25) is 0 Å². The summed E-state index contributed by atoms with van der Waals surface area (Å²) in [5.41, 5.74) is 7.52. The van der Waals surface area contributed by atoms with E-state index in [-0.39, 0.29) is 5.41 Å². The van der Waals surface area contributed by atoms with Crippen LogP contribution < -0.4 is 16.3 Å². The summed E-state index contributed by atoms with van der Waals surface area (Å²) in [7, 11) is 1.63. The minimum absolute atomic E-state index is 0.159. The van der Waals surface area contributed by atoms with Gasteiger partial charge in [-0.25, -0.2) is 9.66 Å². The van der Waals surface area contributed by atoms with E-state index in [1.54, 1.807) is 7.11 Å². The van der Waals surface area contributed by atoms with Crippen molar-refractivity contribution in [2.24, 2.45) is 0 Å². The third-order valence-corrected chi connectivity index (χ3v) is 2.98. The van der Waals surface area contributed by atoms with Gasteiger partial charge in [-0.1, -0.05) is 20.8 Å². The number of nitrogens with zero attached hydrogens (tertiary/aromatic N) is 2. The SMILES string of the molecule is COc1ccc(-c2nc(C(C)(C)C)n(N)c2N)cc1. The fraction of sp³-hybridized carbons (Fsp3) is 0.357. The highest BCUT2D eigenvalue weighted by Crippen LogP contribution is 2.30. The molecule has 0 radical (unpaired) electrons. The van der Waals surface area contributed by atoms with E-state index in [0.717, 1.165) is 17.1 Å². The first kappa shape index (κ1) is 13.3. The Balaban J connectivity index is 2.50. The lowest BCUT2D eigenvalue weighted by Gasteiger charge is -2.17. The van der Waals surface area contributed by atoms with Gasteiger partial charge in [-0.05, 0) is 24.3 Å². The third-order valence-electron chi connectivity index (χ3n) is 2.98. The number of nitrogen functional groups attached to an aromatic ring is 2. The van der Waals surface area contributed by atoms with Gasteiger partial charge in [0.1, 0.15) is 17.3 Å². The number of imidazole rings is 1. The Bertz CT molecular complexity index is 579. The van der Waals surface area contributed by atoms with Crippen molar-refractivity contribution >= 4 is 5.82 Å². The Labute approximate surface area is 113 Å². The van der Waals surface area contributed by atoms with Crippen LogP contribution in [0.2, 0.25) is 0 Å². The van der Waals surface area contributed by atoms with Gasteiger partial charge in [0.15, 0.2) is 5.82 Å². The minimum atomic E-state index is -0.159. The number of hydrogen-bond acceptors (Lipinski definition) is 4. The number of methoxy groups -OCH3 is 1. The van der Waals surface area contributed by atoms with Crippen molar-refractivity contribution < 1.29 is 4.74 Å². The zero-order valence-corrected chi connectivity index (χ0v) is 11.8. The van der Waals surface area contributed by atoms with Crippen molar-refractivity contribution in [1.29, 1.82) is 0 Å². The van der Waals surface area contributed by atoms with E-state index < -0.39 is 0 Å². The third kappa shape index (κ3) is 2.36. The summed E-state index contributed by atoms with van der Waals surface area (Å²) in [4.78, 5) is 4.58. The molecule has 1 heterocycles. The van der Waals surface area contributed by atoms with E-state index >= 15 is 0 Å². The molecule has 1 aromatic heterocycles. The molecule has 0 aliphatic rings. The Morgan fingerprint density at radius 2 is 1.74 bits per heavy atom. The van der Waals surface area contributed by atoms with E-state index in [2.05, 4.69) is 25.8 Å². The van der Waals surface area contributed by atoms with Gasteiger partial charge in [-0.2, -0.15) is 0 Å². The van der Waals surface area contributed by atoms with E-state index in [4.69, 9.17) is 16.3 Å². The molecule has 0 saturated heterocycles. The molecule has 5 heteroatoms. The first-order valence-electron chi connectivity index (χ1n) is 6.13. The predicted molar refractivity (Wildman–Crippen MR) is 77.5 cm³/mol. The highest BCUT2D eigenvalue weighted by atomic mass is 16.5. The maximum atomic E-state index is 6.05. The summed E-state index contributed by atoms with van der Waals surface area (Å²) >= 11 is 0. The van der Waals surface area contributed by atoms with Crippen molar-refractivity contribution in [3.8, 4) is 17.0 Å². The van der Waals surface area contributed by atoms with Crippen LogP contribution in [0.25, 0.3) is 11.3 Å². The molecule has 0 spiro atoms. The van der Waals surface area contributed by atoms with Crippen molar-refractivity contribution in [3.63, 3.8) is 0 Å². The average Bonchev–Trinajstić information content (AvgIpc) is 2.66. The van der Waals surface area contributed by atoms with Crippen LogP contribution >= 0.6 is 0 Å². The largest absolute Gasteiger partial charge is 0.497 e. The monoisotopic (exact) mass is 260 g/mol. The maximum Gasteiger partial charge on any atom is 0.150 e. The van der Waals surface area contributed by atoms with Crippen molar-refractivity contribution in [3.05, 3.63) is 30.1 Å². The van der Waals surface area contributed by atoms with E-state index in [9.17, 15) is 0 Å². The molecule has 0 atom stereocenters. The lowest BCUT2D eigenvalue weighted by atomic mass is 9.96. The normalized spacial score (nSPS) is 11.6. The Hall–Kier alpha value is -2.17. The van der Waals surface area contributed by atoms with Gasteiger partial charge in [0.05, 0.1) is 7.11 Å². The molecule has 19 heavy (non-hydrogen) atoms.